The molecule has 0 heterocycles. The van der Waals surface area contributed by atoms with E-state index >= 15 is 0 Å². The van der Waals surface area contributed by atoms with Gasteiger partial charge in [-0.05, 0) is 23.3 Å². The summed E-state index contributed by atoms with van der Waals surface area (Å²) in [6.07, 6.45) is -4.60. The second-order valence-corrected chi connectivity index (χ2v) is 4.01. The Labute approximate surface area is 110 Å². The van der Waals surface area contributed by atoms with Gasteiger partial charge in [0.1, 0.15) is 0 Å². The van der Waals surface area contributed by atoms with Crippen LogP contribution in [0.2, 0.25) is 0 Å². The zero-order valence-corrected chi connectivity index (χ0v) is 10.9. The predicted molar refractivity (Wildman–Crippen MR) is 61.3 cm³/mol. The van der Waals surface area contributed by atoms with Crippen LogP contribution in [0, 0.1) is 0 Å². The van der Waals surface area contributed by atoms with E-state index < -0.39 is 24.3 Å². The molecule has 0 fully saturated rings. The summed E-state index contributed by atoms with van der Waals surface area (Å²) in [4.78, 5) is 11.4. The molecule has 1 aromatic rings. The maximum Gasteiger partial charge on any atom is 0.416 e. The number of hydrogen-bond acceptors (Lipinski definition) is 3. The van der Waals surface area contributed by atoms with E-state index in [0.29, 0.717) is 0 Å². The molecule has 3 nitrogen and oxygen atoms in total. The third-order valence-electron chi connectivity index (χ3n) is 2.34. The van der Waals surface area contributed by atoms with Crippen molar-refractivity contribution >= 4 is 21.9 Å². The number of esters is 1. The summed E-state index contributed by atoms with van der Waals surface area (Å²) in [5, 5.41) is 8.80. The van der Waals surface area contributed by atoms with Gasteiger partial charge < -0.3 is 9.84 Å². The number of aliphatic hydroxyl groups excluding tert-OH is 1. The van der Waals surface area contributed by atoms with Crippen LogP contribution in [0.4, 0.5) is 13.2 Å². The molecule has 18 heavy (non-hydrogen) atoms. The highest BCUT2D eigenvalue weighted by molar-refractivity contribution is 9.08. The molecule has 0 bridgehead atoms. The maximum absolute atomic E-state index is 12.8. The molecule has 0 aromatic heterocycles. The second-order valence-electron chi connectivity index (χ2n) is 3.45. The molecule has 0 spiro atoms. The number of halogens is 4. The lowest BCUT2D eigenvalue weighted by Crippen LogP contribution is -2.15. The van der Waals surface area contributed by atoms with E-state index in [1.807, 2.05) is 0 Å². The van der Waals surface area contributed by atoms with Crippen molar-refractivity contribution in [2.75, 3.05) is 7.11 Å². The lowest BCUT2D eigenvalue weighted by molar-refractivity contribution is -0.138. The number of aliphatic hydroxyl groups is 1. The third-order valence-corrected chi connectivity index (χ3v) is 2.90. The summed E-state index contributed by atoms with van der Waals surface area (Å²) in [7, 11) is 1.08. The van der Waals surface area contributed by atoms with Gasteiger partial charge in [-0.1, -0.05) is 15.9 Å². The van der Waals surface area contributed by atoms with Crippen molar-refractivity contribution in [2.24, 2.45) is 0 Å². The number of hydrogen-bond donors (Lipinski definition) is 1. The Hall–Kier alpha value is -1.08. The highest BCUT2D eigenvalue weighted by Gasteiger charge is 2.35. The molecular formula is C11H10BrF3O3. The fourth-order valence-electron chi connectivity index (χ4n) is 1.51. The smallest absolute Gasteiger partial charge is 0.416 e. The summed E-state index contributed by atoms with van der Waals surface area (Å²) in [5.41, 5.74) is -1.35. The minimum atomic E-state index is -4.60. The van der Waals surface area contributed by atoms with Gasteiger partial charge in [-0.2, -0.15) is 13.2 Å². The van der Waals surface area contributed by atoms with Crippen LogP contribution in [0.15, 0.2) is 12.1 Å². The Morgan fingerprint density at radius 2 is 2.06 bits per heavy atom. The first-order valence-corrected chi connectivity index (χ1v) is 5.95. The molecule has 0 radical (unpaired) electrons. The summed E-state index contributed by atoms with van der Waals surface area (Å²) in [6.45, 7) is -0.588. The van der Waals surface area contributed by atoms with Crippen LogP contribution in [0.25, 0.3) is 0 Å². The van der Waals surface area contributed by atoms with E-state index in [-0.39, 0.29) is 22.0 Å². The molecule has 1 rings (SSSR count). The maximum atomic E-state index is 12.8. The van der Waals surface area contributed by atoms with Gasteiger partial charge in [0.15, 0.2) is 0 Å². The van der Waals surface area contributed by atoms with Gasteiger partial charge in [0, 0.05) is 5.33 Å². The van der Waals surface area contributed by atoms with Crippen LogP contribution in [0.3, 0.4) is 0 Å². The Morgan fingerprint density at radius 3 is 2.44 bits per heavy atom. The monoisotopic (exact) mass is 326 g/mol. The lowest BCUT2D eigenvalue weighted by atomic mass is 9.98. The quantitative estimate of drug-likeness (QED) is 0.686. The Balaban J connectivity index is 3.55. The number of rotatable bonds is 3. The fraction of sp³-hybridized carbons (Fsp3) is 0.364. The highest BCUT2D eigenvalue weighted by atomic mass is 79.9. The molecule has 0 atom stereocenters. The molecule has 100 valence electrons. The van der Waals surface area contributed by atoms with E-state index in [9.17, 15) is 18.0 Å². The number of benzene rings is 1. The molecule has 0 amide bonds. The number of methoxy groups -OCH3 is 1. The van der Waals surface area contributed by atoms with Gasteiger partial charge in [-0.3, -0.25) is 0 Å². The molecule has 0 saturated carbocycles. The second kappa shape index (κ2) is 5.71. The molecule has 1 N–H and O–H groups in total. The lowest BCUT2D eigenvalue weighted by Gasteiger charge is -2.16. The number of carbonyl (C=O) groups excluding carboxylic acids is 1. The standard InChI is InChI=1S/C11H10BrF3O3/c1-18-10(17)7-2-6(5-16)3-9(8(7)4-12)11(13,14)15/h2-3,16H,4-5H2,1H3. The van der Waals surface area contributed by atoms with E-state index in [4.69, 9.17) is 5.11 Å². The topological polar surface area (TPSA) is 46.5 Å². The summed E-state index contributed by atoms with van der Waals surface area (Å²) >= 11 is 2.93. The molecule has 0 aliphatic carbocycles. The first-order chi connectivity index (χ1) is 8.35. The van der Waals surface area contributed by atoms with Crippen molar-refractivity contribution in [3.8, 4) is 0 Å². The van der Waals surface area contributed by atoms with Crippen LogP contribution in [0.5, 0.6) is 0 Å². The van der Waals surface area contributed by atoms with Crippen molar-refractivity contribution in [2.45, 2.75) is 18.1 Å². The number of carbonyl (C=O) groups is 1. The van der Waals surface area contributed by atoms with E-state index in [0.717, 1.165) is 13.2 Å². The van der Waals surface area contributed by atoms with Crippen LogP contribution in [-0.2, 0) is 22.9 Å². The number of ether oxygens (including phenoxy) is 1. The molecular weight excluding hydrogens is 317 g/mol. The highest BCUT2D eigenvalue weighted by Crippen LogP contribution is 2.35. The van der Waals surface area contributed by atoms with Crippen molar-refractivity contribution in [3.05, 3.63) is 34.4 Å². The average molecular weight is 327 g/mol. The van der Waals surface area contributed by atoms with Gasteiger partial charge >= 0.3 is 12.1 Å². The van der Waals surface area contributed by atoms with Gasteiger partial charge in [-0.25, -0.2) is 4.79 Å². The van der Waals surface area contributed by atoms with Crippen LogP contribution in [-0.4, -0.2) is 18.2 Å². The minimum Gasteiger partial charge on any atom is -0.465 e. The molecule has 0 aliphatic heterocycles. The molecule has 0 saturated heterocycles. The molecule has 0 aliphatic rings. The normalized spacial score (nSPS) is 11.4. The third kappa shape index (κ3) is 3.02. The largest absolute Gasteiger partial charge is 0.465 e. The van der Waals surface area contributed by atoms with E-state index in [1.165, 1.54) is 6.07 Å². The summed E-state index contributed by atoms with van der Waals surface area (Å²) in [6, 6.07) is 2.01. The zero-order chi connectivity index (χ0) is 13.9. The Kier molecular flexibility index (Phi) is 4.75. The average Bonchev–Trinajstić information content (AvgIpc) is 2.34. The van der Waals surface area contributed by atoms with Gasteiger partial charge in [0.2, 0.25) is 0 Å². The molecule has 0 unspecified atom stereocenters. The molecule has 1 aromatic carbocycles. The molecule has 7 heteroatoms. The minimum absolute atomic E-state index is 0.00687. The van der Waals surface area contributed by atoms with Crippen molar-refractivity contribution < 1.29 is 27.8 Å². The van der Waals surface area contributed by atoms with Crippen LogP contribution in [0.1, 0.15) is 27.0 Å². The Bertz CT molecular complexity index is 458. The zero-order valence-electron chi connectivity index (χ0n) is 9.34. The summed E-state index contributed by atoms with van der Waals surface area (Å²) < 4.78 is 43.0. The van der Waals surface area contributed by atoms with Crippen LogP contribution < -0.4 is 0 Å². The van der Waals surface area contributed by atoms with Gasteiger partial charge in [-0.15, -0.1) is 0 Å². The SMILES string of the molecule is COC(=O)c1cc(CO)cc(C(F)(F)F)c1CBr. The summed E-state index contributed by atoms with van der Waals surface area (Å²) in [5.74, 6) is -0.870. The predicted octanol–water partition coefficient (Wildman–Crippen LogP) is 2.88. The fourth-order valence-corrected chi connectivity index (χ4v) is 2.12. The Morgan fingerprint density at radius 1 is 1.44 bits per heavy atom. The van der Waals surface area contributed by atoms with Gasteiger partial charge in [0.05, 0.1) is 24.8 Å². The van der Waals surface area contributed by atoms with Crippen molar-refractivity contribution in [1.29, 1.82) is 0 Å². The first kappa shape index (κ1) is 15.0. The van der Waals surface area contributed by atoms with E-state index in [2.05, 4.69) is 20.7 Å². The number of alkyl halides is 4. The van der Waals surface area contributed by atoms with Crippen molar-refractivity contribution in [1.82, 2.24) is 0 Å². The first-order valence-electron chi connectivity index (χ1n) is 4.83. The van der Waals surface area contributed by atoms with E-state index in [1.54, 1.807) is 0 Å². The van der Waals surface area contributed by atoms with Crippen molar-refractivity contribution in [3.63, 3.8) is 0 Å². The van der Waals surface area contributed by atoms with Crippen LogP contribution >= 0.6 is 15.9 Å². The van der Waals surface area contributed by atoms with Gasteiger partial charge in [0.25, 0.3) is 0 Å².